The molecule has 0 amide bonds. The first kappa shape index (κ1) is 7.82. The van der Waals surface area contributed by atoms with Crippen molar-refractivity contribution < 1.29 is 0 Å². The molecule has 0 unspecified atom stereocenters. The summed E-state index contributed by atoms with van der Waals surface area (Å²) in [5.74, 6) is 0. The highest BCUT2D eigenvalue weighted by molar-refractivity contribution is 8.04. The Morgan fingerprint density at radius 3 is 3.21 bits per heavy atom. The number of nitrogens with zero attached hydrogens (tertiary/aromatic N) is 2. The van der Waals surface area contributed by atoms with Crippen molar-refractivity contribution in [2.75, 3.05) is 0 Å². The molecular formula is C10H7N3S. The van der Waals surface area contributed by atoms with E-state index >= 15 is 0 Å². The van der Waals surface area contributed by atoms with Gasteiger partial charge in [-0.1, -0.05) is 12.1 Å². The maximum absolute atomic E-state index is 4.36. The van der Waals surface area contributed by atoms with E-state index in [1.54, 1.807) is 0 Å². The van der Waals surface area contributed by atoms with Crippen molar-refractivity contribution in [3.63, 3.8) is 0 Å². The lowest BCUT2D eigenvalue weighted by molar-refractivity contribution is 1.03. The summed E-state index contributed by atoms with van der Waals surface area (Å²) in [7, 11) is 0. The maximum Gasteiger partial charge on any atom is 0.0939 e. The topological polar surface area (TPSA) is 37.3 Å². The molecule has 2 aromatic rings. The van der Waals surface area contributed by atoms with Crippen LogP contribution in [0.25, 0.3) is 16.3 Å². The van der Waals surface area contributed by atoms with E-state index in [4.69, 9.17) is 0 Å². The second kappa shape index (κ2) is 2.99. The van der Waals surface area contributed by atoms with Gasteiger partial charge in [-0.3, -0.25) is 4.98 Å². The molecule has 0 bridgehead atoms. The third-order valence-corrected chi connectivity index (χ3v) is 2.74. The zero-order valence-electron chi connectivity index (χ0n) is 7.27. The smallest absolute Gasteiger partial charge is 0.0939 e. The third-order valence-electron chi connectivity index (χ3n) is 2.19. The molecule has 68 valence electrons. The SMILES string of the molecule is C1=c2c(ccc3cccnc23)=NNS1. The van der Waals surface area contributed by atoms with Crippen molar-refractivity contribution in [1.82, 2.24) is 9.82 Å². The van der Waals surface area contributed by atoms with Crippen molar-refractivity contribution in [3.8, 4) is 0 Å². The Balaban J connectivity index is 2.60. The van der Waals surface area contributed by atoms with Gasteiger partial charge in [0.1, 0.15) is 0 Å². The summed E-state index contributed by atoms with van der Waals surface area (Å²) in [6.07, 6.45) is 1.81. The van der Waals surface area contributed by atoms with Crippen LogP contribution in [-0.2, 0) is 0 Å². The van der Waals surface area contributed by atoms with Gasteiger partial charge in [-0.15, -0.1) is 0 Å². The molecular weight excluding hydrogens is 194 g/mol. The van der Waals surface area contributed by atoms with Crippen LogP contribution in [0.3, 0.4) is 0 Å². The largest absolute Gasteiger partial charge is 0.256 e. The first-order chi connectivity index (χ1) is 6.95. The number of aromatic nitrogens is 1. The number of hydrogen-bond donors (Lipinski definition) is 1. The third kappa shape index (κ3) is 1.08. The Hall–Kier alpha value is -1.55. The molecule has 2 heterocycles. The molecule has 0 saturated carbocycles. The van der Waals surface area contributed by atoms with E-state index < -0.39 is 0 Å². The molecule has 14 heavy (non-hydrogen) atoms. The van der Waals surface area contributed by atoms with Gasteiger partial charge in [-0.25, -0.2) is 4.83 Å². The monoisotopic (exact) mass is 201 g/mol. The fourth-order valence-electron chi connectivity index (χ4n) is 1.53. The van der Waals surface area contributed by atoms with Crippen LogP contribution in [-0.4, -0.2) is 4.98 Å². The predicted molar refractivity (Wildman–Crippen MR) is 57.7 cm³/mol. The van der Waals surface area contributed by atoms with Gasteiger partial charge in [0.2, 0.25) is 0 Å². The maximum atomic E-state index is 4.36. The fraction of sp³-hybridized carbons (Fsp3) is 0. The van der Waals surface area contributed by atoms with E-state index in [0.717, 1.165) is 21.5 Å². The predicted octanol–water partition coefficient (Wildman–Crippen LogP) is 0.759. The summed E-state index contributed by atoms with van der Waals surface area (Å²) in [4.78, 5) is 7.23. The Bertz CT molecular complexity index is 606. The van der Waals surface area contributed by atoms with Crippen molar-refractivity contribution in [1.29, 1.82) is 0 Å². The molecule has 3 nitrogen and oxygen atoms in total. The summed E-state index contributed by atoms with van der Waals surface area (Å²) in [5.41, 5.74) is 1.02. The Morgan fingerprint density at radius 2 is 2.21 bits per heavy atom. The van der Waals surface area contributed by atoms with Gasteiger partial charge in [0.05, 0.1) is 10.9 Å². The quantitative estimate of drug-likeness (QED) is 0.639. The summed E-state index contributed by atoms with van der Waals surface area (Å²) in [6, 6.07) is 8.04. The van der Waals surface area contributed by atoms with E-state index in [-0.39, 0.29) is 0 Å². The first-order valence-electron chi connectivity index (χ1n) is 4.27. The second-order valence-corrected chi connectivity index (χ2v) is 3.67. The van der Waals surface area contributed by atoms with Gasteiger partial charge in [0.25, 0.3) is 0 Å². The van der Waals surface area contributed by atoms with E-state index in [9.17, 15) is 0 Å². The van der Waals surface area contributed by atoms with E-state index in [1.807, 2.05) is 29.8 Å². The number of hydrogen-bond acceptors (Lipinski definition) is 4. The molecule has 0 spiro atoms. The Kier molecular flexibility index (Phi) is 1.67. The van der Waals surface area contributed by atoms with Crippen molar-refractivity contribution in [2.45, 2.75) is 0 Å². The summed E-state index contributed by atoms with van der Waals surface area (Å²) in [6.45, 7) is 0. The molecule has 1 aliphatic rings. The van der Waals surface area contributed by atoms with Crippen molar-refractivity contribution in [3.05, 3.63) is 41.0 Å². The normalized spacial score (nSPS) is 13.7. The molecule has 1 aromatic carbocycles. The Morgan fingerprint density at radius 1 is 1.21 bits per heavy atom. The van der Waals surface area contributed by atoms with E-state index in [2.05, 4.69) is 21.0 Å². The lowest BCUT2D eigenvalue weighted by Gasteiger charge is -2.02. The van der Waals surface area contributed by atoms with Crippen LogP contribution in [0.2, 0.25) is 0 Å². The number of benzene rings is 1. The first-order valence-corrected chi connectivity index (χ1v) is 5.15. The minimum absolute atomic E-state index is 0.954. The molecule has 0 atom stereocenters. The van der Waals surface area contributed by atoms with Crippen LogP contribution in [0.5, 0.6) is 0 Å². The van der Waals surface area contributed by atoms with Gasteiger partial charge < -0.3 is 0 Å². The van der Waals surface area contributed by atoms with Gasteiger partial charge in [0.15, 0.2) is 0 Å². The number of fused-ring (bicyclic) bond motifs is 3. The van der Waals surface area contributed by atoms with Crippen LogP contribution in [0.4, 0.5) is 0 Å². The summed E-state index contributed by atoms with van der Waals surface area (Å²) >= 11 is 1.47. The number of nitrogens with one attached hydrogen (secondary N) is 1. The molecule has 0 radical (unpaired) electrons. The van der Waals surface area contributed by atoms with Gasteiger partial charge >= 0.3 is 0 Å². The minimum atomic E-state index is 0.954. The molecule has 0 fully saturated rings. The highest BCUT2D eigenvalue weighted by Gasteiger charge is 2.00. The average Bonchev–Trinajstić information content (AvgIpc) is 2.29. The second-order valence-electron chi connectivity index (χ2n) is 3.01. The molecule has 1 N–H and O–H groups in total. The van der Waals surface area contributed by atoms with E-state index in [1.165, 1.54) is 11.9 Å². The summed E-state index contributed by atoms with van der Waals surface area (Å²) in [5, 5.41) is 9.43. The van der Waals surface area contributed by atoms with Crippen LogP contribution < -0.4 is 15.4 Å². The molecule has 1 aliphatic heterocycles. The molecule has 0 aliphatic carbocycles. The highest BCUT2D eigenvalue weighted by atomic mass is 32.2. The van der Waals surface area contributed by atoms with E-state index in [0.29, 0.717) is 0 Å². The Labute approximate surface area is 84.7 Å². The highest BCUT2D eigenvalue weighted by Crippen LogP contribution is 2.05. The van der Waals surface area contributed by atoms with Crippen LogP contribution >= 0.6 is 11.9 Å². The molecule has 1 aromatic heterocycles. The number of rotatable bonds is 0. The molecule has 4 heteroatoms. The van der Waals surface area contributed by atoms with Crippen molar-refractivity contribution in [2.24, 2.45) is 5.10 Å². The lowest BCUT2D eigenvalue weighted by atomic mass is 10.2. The average molecular weight is 201 g/mol. The van der Waals surface area contributed by atoms with Crippen LogP contribution in [0, 0.1) is 0 Å². The standard InChI is InChI=1S/C10H7N3S/c1-2-7-3-4-9-8(6-14-13-12-9)10(7)11-5-1/h1-6,13H. The summed E-state index contributed by atoms with van der Waals surface area (Å²) < 4.78 is 0. The minimum Gasteiger partial charge on any atom is -0.256 e. The van der Waals surface area contributed by atoms with Gasteiger partial charge in [0, 0.05) is 22.2 Å². The molecule has 0 saturated heterocycles. The van der Waals surface area contributed by atoms with Crippen LogP contribution in [0.15, 0.2) is 35.6 Å². The number of pyridine rings is 1. The lowest BCUT2D eigenvalue weighted by Crippen LogP contribution is -2.30. The fourth-order valence-corrected chi connectivity index (χ4v) is 2.09. The zero-order valence-corrected chi connectivity index (χ0v) is 8.08. The van der Waals surface area contributed by atoms with Gasteiger partial charge in [-0.05, 0) is 24.1 Å². The van der Waals surface area contributed by atoms with Gasteiger partial charge in [-0.2, -0.15) is 5.10 Å². The zero-order chi connectivity index (χ0) is 9.38. The molecule has 3 rings (SSSR count). The van der Waals surface area contributed by atoms with Crippen LogP contribution in [0.1, 0.15) is 0 Å². The van der Waals surface area contributed by atoms with Crippen molar-refractivity contribution >= 4 is 28.3 Å².